The quantitative estimate of drug-likeness (QED) is 0.909. The topological polar surface area (TPSA) is 51.3 Å². The smallest absolute Gasteiger partial charge is 0.270 e. The summed E-state index contributed by atoms with van der Waals surface area (Å²) in [6.45, 7) is 6.10. The largest absolute Gasteiger partial charge is 0.397 e. The van der Waals surface area contributed by atoms with Crippen LogP contribution in [0.15, 0.2) is 12.3 Å². The second kappa shape index (κ2) is 5.74. The highest BCUT2D eigenvalue weighted by Crippen LogP contribution is 2.39. The number of aryl methyl sites for hydroxylation is 1. The van der Waals surface area contributed by atoms with Gasteiger partial charge >= 0.3 is 0 Å². The fraction of sp³-hybridized carbons (Fsp3) is 0.706. The summed E-state index contributed by atoms with van der Waals surface area (Å²) in [4.78, 5) is 15.1. The van der Waals surface area contributed by atoms with Gasteiger partial charge in [-0.3, -0.25) is 4.79 Å². The fourth-order valence-electron chi connectivity index (χ4n) is 4.29. The minimum atomic E-state index is 0.178. The highest BCUT2D eigenvalue weighted by Gasteiger charge is 2.40. The number of piperidine rings is 1. The zero-order valence-corrected chi connectivity index (χ0v) is 13.2. The van der Waals surface area contributed by atoms with E-state index < -0.39 is 0 Å². The molecule has 1 aromatic rings. The zero-order valence-electron chi connectivity index (χ0n) is 13.2. The maximum atomic E-state index is 13.0. The van der Waals surface area contributed by atoms with Crippen molar-refractivity contribution in [3.63, 3.8) is 0 Å². The highest BCUT2D eigenvalue weighted by atomic mass is 16.2. The Labute approximate surface area is 127 Å². The average molecular weight is 289 g/mol. The van der Waals surface area contributed by atoms with Crippen LogP contribution >= 0.6 is 0 Å². The lowest BCUT2D eigenvalue weighted by molar-refractivity contribution is 0.0209. The first kappa shape index (κ1) is 14.5. The van der Waals surface area contributed by atoms with Gasteiger partial charge in [-0.1, -0.05) is 19.8 Å². The molecule has 1 aliphatic carbocycles. The fourth-order valence-corrected chi connectivity index (χ4v) is 4.29. The second-order valence-electron chi connectivity index (χ2n) is 6.72. The lowest BCUT2D eigenvalue weighted by Gasteiger charge is -2.47. The molecule has 1 saturated heterocycles. The van der Waals surface area contributed by atoms with Crippen LogP contribution in [0.25, 0.3) is 0 Å². The number of hydrogen-bond acceptors (Lipinski definition) is 2. The number of likely N-dealkylation sites (tertiary alicyclic amines) is 1. The van der Waals surface area contributed by atoms with Crippen molar-refractivity contribution in [3.8, 4) is 0 Å². The number of aromatic nitrogens is 1. The predicted molar refractivity (Wildman–Crippen MR) is 85.1 cm³/mol. The molecular weight excluding hydrogens is 262 g/mol. The number of carbonyl (C=O) groups excluding carboxylic acids is 1. The molecule has 1 aromatic heterocycles. The van der Waals surface area contributed by atoms with Gasteiger partial charge in [0.25, 0.3) is 5.91 Å². The van der Waals surface area contributed by atoms with Gasteiger partial charge in [-0.25, -0.2) is 0 Å². The van der Waals surface area contributed by atoms with Gasteiger partial charge in [0.05, 0.1) is 5.69 Å². The molecule has 21 heavy (non-hydrogen) atoms. The highest BCUT2D eigenvalue weighted by molar-refractivity contribution is 5.94. The molecule has 3 unspecified atom stereocenters. The van der Waals surface area contributed by atoms with E-state index >= 15 is 0 Å². The minimum absolute atomic E-state index is 0.178. The number of carbonyl (C=O) groups is 1. The summed E-state index contributed by atoms with van der Waals surface area (Å²) in [6.07, 6.45) is 8.05. The van der Waals surface area contributed by atoms with Crippen molar-refractivity contribution >= 4 is 11.6 Å². The van der Waals surface area contributed by atoms with Crippen LogP contribution in [0.3, 0.4) is 0 Å². The number of anilines is 1. The number of fused-ring (bicyclic) bond motifs is 1. The monoisotopic (exact) mass is 289 g/mol. The van der Waals surface area contributed by atoms with Crippen LogP contribution in [0.4, 0.5) is 5.69 Å². The summed E-state index contributed by atoms with van der Waals surface area (Å²) >= 11 is 0. The van der Waals surface area contributed by atoms with Crippen LogP contribution in [-0.2, 0) is 6.54 Å². The number of hydrogen-bond donors (Lipinski definition) is 1. The van der Waals surface area contributed by atoms with E-state index in [4.69, 9.17) is 5.73 Å². The molecule has 3 rings (SSSR count). The number of nitrogens with zero attached hydrogens (tertiary/aromatic N) is 2. The van der Waals surface area contributed by atoms with E-state index in [-0.39, 0.29) is 5.91 Å². The Morgan fingerprint density at radius 2 is 2.10 bits per heavy atom. The predicted octanol–water partition coefficient (Wildman–Crippen LogP) is 3.13. The minimum Gasteiger partial charge on any atom is -0.397 e. The summed E-state index contributed by atoms with van der Waals surface area (Å²) in [5, 5.41) is 0. The van der Waals surface area contributed by atoms with E-state index in [2.05, 4.69) is 18.7 Å². The van der Waals surface area contributed by atoms with Gasteiger partial charge in [-0.15, -0.1) is 0 Å². The summed E-state index contributed by atoms with van der Waals surface area (Å²) in [5.74, 6) is 1.62. The lowest BCUT2D eigenvalue weighted by atomic mass is 9.72. The third kappa shape index (κ3) is 2.56. The third-order valence-corrected chi connectivity index (χ3v) is 5.48. The molecule has 4 heteroatoms. The average Bonchev–Trinajstić information content (AvgIpc) is 2.88. The number of amides is 1. The zero-order chi connectivity index (χ0) is 15.0. The molecule has 0 radical (unpaired) electrons. The van der Waals surface area contributed by atoms with Gasteiger partial charge in [-0.05, 0) is 44.1 Å². The molecule has 3 atom stereocenters. The SMILES string of the molecule is CCn1cc(N)cc1C(=O)N1CCC(C)C2CCCCC21. The van der Waals surface area contributed by atoms with E-state index in [1.807, 2.05) is 16.8 Å². The Kier molecular flexibility index (Phi) is 3.96. The Balaban J connectivity index is 1.86. The van der Waals surface area contributed by atoms with Gasteiger partial charge in [0.1, 0.15) is 5.69 Å². The normalized spacial score (nSPS) is 29.2. The van der Waals surface area contributed by atoms with Crippen LogP contribution in [0.5, 0.6) is 0 Å². The van der Waals surface area contributed by atoms with Crippen molar-refractivity contribution in [3.05, 3.63) is 18.0 Å². The van der Waals surface area contributed by atoms with Crippen molar-refractivity contribution in [2.75, 3.05) is 12.3 Å². The molecular formula is C17H27N3O. The van der Waals surface area contributed by atoms with Gasteiger partial charge in [0.15, 0.2) is 0 Å². The molecule has 4 nitrogen and oxygen atoms in total. The molecule has 0 aromatic carbocycles. The molecule has 2 fully saturated rings. The Hall–Kier alpha value is -1.45. The summed E-state index contributed by atoms with van der Waals surface area (Å²) < 4.78 is 1.98. The molecule has 2 heterocycles. The van der Waals surface area contributed by atoms with E-state index in [0.29, 0.717) is 17.6 Å². The Bertz CT molecular complexity index is 522. The number of nitrogen functional groups attached to an aromatic ring is 1. The van der Waals surface area contributed by atoms with Crippen LogP contribution in [0.1, 0.15) is 56.4 Å². The van der Waals surface area contributed by atoms with Crippen LogP contribution in [0.2, 0.25) is 0 Å². The first-order chi connectivity index (χ1) is 10.1. The standard InChI is InChI=1S/C17H27N3O/c1-3-19-11-13(18)10-16(19)17(21)20-9-8-12(2)14-6-4-5-7-15(14)20/h10-12,14-15H,3-9,18H2,1-2H3. The van der Waals surface area contributed by atoms with Crippen LogP contribution in [-0.4, -0.2) is 28.0 Å². The lowest BCUT2D eigenvalue weighted by Crippen LogP contribution is -2.52. The number of rotatable bonds is 2. The molecule has 1 aliphatic heterocycles. The summed E-state index contributed by atoms with van der Waals surface area (Å²) in [7, 11) is 0. The first-order valence-corrected chi connectivity index (χ1v) is 8.38. The van der Waals surface area contributed by atoms with E-state index in [0.717, 1.165) is 31.1 Å². The van der Waals surface area contributed by atoms with Gasteiger partial charge in [0.2, 0.25) is 0 Å². The molecule has 2 N–H and O–H groups in total. The van der Waals surface area contributed by atoms with Crippen molar-refractivity contribution in [2.45, 2.75) is 58.5 Å². The van der Waals surface area contributed by atoms with Crippen molar-refractivity contribution in [1.82, 2.24) is 9.47 Å². The summed E-state index contributed by atoms with van der Waals surface area (Å²) in [6, 6.07) is 2.28. The van der Waals surface area contributed by atoms with Crippen molar-refractivity contribution < 1.29 is 4.79 Å². The van der Waals surface area contributed by atoms with Crippen molar-refractivity contribution in [2.24, 2.45) is 11.8 Å². The molecule has 116 valence electrons. The van der Waals surface area contributed by atoms with E-state index in [9.17, 15) is 4.79 Å². The second-order valence-corrected chi connectivity index (χ2v) is 6.72. The summed E-state index contributed by atoms with van der Waals surface area (Å²) in [5.41, 5.74) is 7.33. The van der Waals surface area contributed by atoms with Gasteiger partial charge in [0, 0.05) is 25.3 Å². The van der Waals surface area contributed by atoms with Crippen LogP contribution < -0.4 is 5.73 Å². The Morgan fingerprint density at radius 3 is 2.86 bits per heavy atom. The molecule has 2 aliphatic rings. The maximum Gasteiger partial charge on any atom is 0.270 e. The van der Waals surface area contributed by atoms with Gasteiger partial charge < -0.3 is 15.2 Å². The first-order valence-electron chi connectivity index (χ1n) is 8.38. The van der Waals surface area contributed by atoms with Crippen molar-refractivity contribution in [1.29, 1.82) is 0 Å². The number of nitrogens with two attached hydrogens (primary N) is 1. The maximum absolute atomic E-state index is 13.0. The van der Waals surface area contributed by atoms with Crippen LogP contribution in [0, 0.1) is 11.8 Å². The third-order valence-electron chi connectivity index (χ3n) is 5.48. The van der Waals surface area contributed by atoms with E-state index in [1.54, 1.807) is 0 Å². The van der Waals surface area contributed by atoms with Gasteiger partial charge in [-0.2, -0.15) is 0 Å². The Morgan fingerprint density at radius 1 is 1.33 bits per heavy atom. The molecule has 0 bridgehead atoms. The van der Waals surface area contributed by atoms with E-state index in [1.165, 1.54) is 25.7 Å². The molecule has 0 spiro atoms. The molecule has 1 saturated carbocycles. The molecule has 1 amide bonds.